The molecule has 0 spiro atoms. The van der Waals surface area contributed by atoms with Crippen LogP contribution in [-0.2, 0) is 7.05 Å². The maximum atomic E-state index is 13.8. The van der Waals surface area contributed by atoms with Crippen LogP contribution in [0, 0.1) is 12.7 Å². The summed E-state index contributed by atoms with van der Waals surface area (Å²) >= 11 is 5.25. The zero-order valence-electron chi connectivity index (χ0n) is 15.7. The number of halogens is 1. The van der Waals surface area contributed by atoms with E-state index in [0.29, 0.717) is 22.7 Å². The molecule has 0 aliphatic heterocycles. The van der Waals surface area contributed by atoms with Gasteiger partial charge in [-0.2, -0.15) is 5.10 Å². The van der Waals surface area contributed by atoms with Crippen molar-refractivity contribution < 1.29 is 4.39 Å². The Labute approximate surface area is 167 Å². The molecule has 0 bridgehead atoms. The molecule has 0 amide bonds. The Morgan fingerprint density at radius 2 is 1.75 bits per heavy atom. The second kappa shape index (κ2) is 8.18. The summed E-state index contributed by atoms with van der Waals surface area (Å²) in [6.07, 6.45) is 0. The summed E-state index contributed by atoms with van der Waals surface area (Å²) in [7, 11) is 1.80. The maximum absolute atomic E-state index is 13.8. The second-order valence-corrected chi connectivity index (χ2v) is 6.59. The van der Waals surface area contributed by atoms with Gasteiger partial charge in [0, 0.05) is 12.6 Å². The van der Waals surface area contributed by atoms with Gasteiger partial charge in [-0.05, 0) is 44.3 Å². The standard InChI is InChI=1S/C20H20FN5OS/c1-13(16-11-7-8-12-17(16)21)23-24-20(28)22-18-14(2)25(3)26(19(18)27)15-9-5-4-6-10-15/h4-12H,1-3H3,(H2,22,24,28)/b23-13-. The van der Waals surface area contributed by atoms with E-state index in [2.05, 4.69) is 15.8 Å². The molecule has 1 aromatic heterocycles. The van der Waals surface area contributed by atoms with Crippen LogP contribution < -0.4 is 16.3 Å². The van der Waals surface area contributed by atoms with Gasteiger partial charge < -0.3 is 5.32 Å². The van der Waals surface area contributed by atoms with Crippen LogP contribution in [0.5, 0.6) is 0 Å². The van der Waals surface area contributed by atoms with Crippen molar-refractivity contribution in [1.29, 1.82) is 0 Å². The van der Waals surface area contributed by atoms with Crippen molar-refractivity contribution in [3.63, 3.8) is 0 Å². The van der Waals surface area contributed by atoms with Gasteiger partial charge in [0.2, 0.25) is 0 Å². The Hall–Kier alpha value is -3.26. The van der Waals surface area contributed by atoms with Crippen LogP contribution in [0.15, 0.2) is 64.5 Å². The first-order chi connectivity index (χ1) is 13.4. The molecule has 144 valence electrons. The Morgan fingerprint density at radius 1 is 1.11 bits per heavy atom. The van der Waals surface area contributed by atoms with Gasteiger partial charge in [0.15, 0.2) is 5.11 Å². The van der Waals surface area contributed by atoms with Crippen LogP contribution >= 0.6 is 12.2 Å². The largest absolute Gasteiger partial charge is 0.325 e. The van der Waals surface area contributed by atoms with E-state index in [9.17, 15) is 9.18 Å². The van der Waals surface area contributed by atoms with Crippen molar-refractivity contribution >= 4 is 28.7 Å². The second-order valence-electron chi connectivity index (χ2n) is 6.18. The molecular formula is C20H20FN5OS. The van der Waals surface area contributed by atoms with Gasteiger partial charge in [-0.15, -0.1) is 0 Å². The molecule has 0 fully saturated rings. The van der Waals surface area contributed by atoms with E-state index in [4.69, 9.17) is 12.2 Å². The number of rotatable bonds is 4. The Kier molecular flexibility index (Phi) is 5.70. The van der Waals surface area contributed by atoms with Gasteiger partial charge in [0.05, 0.1) is 17.1 Å². The molecule has 0 radical (unpaired) electrons. The van der Waals surface area contributed by atoms with E-state index in [-0.39, 0.29) is 16.5 Å². The molecule has 0 aliphatic rings. The average molecular weight is 397 g/mol. The highest BCUT2D eigenvalue weighted by molar-refractivity contribution is 7.80. The lowest BCUT2D eigenvalue weighted by atomic mass is 10.1. The summed E-state index contributed by atoms with van der Waals surface area (Å²) in [5.74, 6) is -0.367. The Balaban J connectivity index is 1.81. The fourth-order valence-electron chi connectivity index (χ4n) is 2.80. The lowest BCUT2D eigenvalue weighted by molar-refractivity contribution is 0.625. The summed E-state index contributed by atoms with van der Waals surface area (Å²) < 4.78 is 17.1. The minimum Gasteiger partial charge on any atom is -0.325 e. The van der Waals surface area contributed by atoms with Crippen molar-refractivity contribution in [2.24, 2.45) is 12.1 Å². The first-order valence-corrected chi connectivity index (χ1v) is 9.01. The normalized spacial score (nSPS) is 11.4. The molecule has 2 N–H and O–H groups in total. The average Bonchev–Trinajstić information content (AvgIpc) is 2.90. The van der Waals surface area contributed by atoms with Crippen LogP contribution in [0.2, 0.25) is 0 Å². The summed E-state index contributed by atoms with van der Waals surface area (Å²) in [4.78, 5) is 12.9. The van der Waals surface area contributed by atoms with Gasteiger partial charge >= 0.3 is 0 Å². The van der Waals surface area contributed by atoms with Crippen molar-refractivity contribution in [2.75, 3.05) is 5.32 Å². The van der Waals surface area contributed by atoms with Crippen LogP contribution in [0.25, 0.3) is 5.69 Å². The number of nitrogens with zero attached hydrogens (tertiary/aromatic N) is 3. The smallest absolute Gasteiger partial charge is 0.295 e. The van der Waals surface area contributed by atoms with Gasteiger partial charge in [0.1, 0.15) is 11.5 Å². The highest BCUT2D eigenvalue weighted by Gasteiger charge is 2.16. The third-order valence-electron chi connectivity index (χ3n) is 4.38. The number of aromatic nitrogens is 2. The Bertz CT molecular complexity index is 1100. The van der Waals surface area contributed by atoms with E-state index >= 15 is 0 Å². The number of thiocarbonyl (C=S) groups is 1. The highest BCUT2D eigenvalue weighted by Crippen LogP contribution is 2.14. The lowest BCUT2D eigenvalue weighted by Crippen LogP contribution is -2.28. The van der Waals surface area contributed by atoms with Crippen molar-refractivity contribution in [1.82, 2.24) is 14.8 Å². The molecular weight excluding hydrogens is 377 g/mol. The molecule has 0 atom stereocenters. The monoisotopic (exact) mass is 397 g/mol. The molecule has 0 unspecified atom stereocenters. The summed E-state index contributed by atoms with van der Waals surface area (Å²) in [5, 5.41) is 7.14. The zero-order valence-corrected chi connectivity index (χ0v) is 16.5. The van der Waals surface area contributed by atoms with E-state index in [1.54, 1.807) is 41.5 Å². The molecule has 3 rings (SSSR count). The third-order valence-corrected chi connectivity index (χ3v) is 4.57. The van der Waals surface area contributed by atoms with Crippen molar-refractivity contribution in [3.05, 3.63) is 82.0 Å². The maximum Gasteiger partial charge on any atom is 0.295 e. The van der Waals surface area contributed by atoms with Crippen molar-refractivity contribution in [3.8, 4) is 5.69 Å². The predicted molar refractivity (Wildman–Crippen MR) is 114 cm³/mol. The lowest BCUT2D eigenvalue weighted by Gasteiger charge is -2.08. The molecule has 8 heteroatoms. The quantitative estimate of drug-likeness (QED) is 0.403. The summed E-state index contributed by atoms with van der Waals surface area (Å²) in [5.41, 5.74) is 5.06. The van der Waals surface area contributed by atoms with Crippen LogP contribution in [0.1, 0.15) is 18.2 Å². The van der Waals surface area contributed by atoms with Gasteiger partial charge in [-0.1, -0.05) is 36.4 Å². The van der Waals surface area contributed by atoms with Gasteiger partial charge in [0.25, 0.3) is 5.56 Å². The SMILES string of the molecule is C/C(=N/NC(=S)Nc1c(C)n(C)n(-c2ccccc2)c1=O)c1ccccc1F. The first-order valence-electron chi connectivity index (χ1n) is 8.60. The third kappa shape index (κ3) is 3.86. The zero-order chi connectivity index (χ0) is 20.3. The van der Waals surface area contributed by atoms with Crippen LogP contribution in [0.4, 0.5) is 10.1 Å². The van der Waals surface area contributed by atoms with Gasteiger partial charge in [-0.25, -0.2) is 9.07 Å². The van der Waals surface area contributed by atoms with Crippen LogP contribution in [0.3, 0.4) is 0 Å². The predicted octanol–water partition coefficient (Wildman–Crippen LogP) is 3.33. The van der Waals surface area contributed by atoms with E-state index in [1.165, 1.54) is 6.07 Å². The number of para-hydroxylation sites is 1. The number of nitrogens with one attached hydrogen (secondary N) is 2. The topological polar surface area (TPSA) is 63.4 Å². The molecule has 1 heterocycles. The number of hydrogen-bond acceptors (Lipinski definition) is 3. The molecule has 0 saturated carbocycles. The van der Waals surface area contributed by atoms with Crippen LogP contribution in [-0.4, -0.2) is 20.2 Å². The Morgan fingerprint density at radius 3 is 2.43 bits per heavy atom. The first kappa shape index (κ1) is 19.5. The van der Waals surface area contributed by atoms with E-state index < -0.39 is 0 Å². The van der Waals surface area contributed by atoms with Crippen molar-refractivity contribution in [2.45, 2.75) is 13.8 Å². The van der Waals surface area contributed by atoms with E-state index in [0.717, 1.165) is 5.69 Å². The molecule has 2 aromatic carbocycles. The summed E-state index contributed by atoms with van der Waals surface area (Å²) in [6.45, 7) is 3.49. The minimum absolute atomic E-state index is 0.140. The molecule has 0 saturated heterocycles. The van der Waals surface area contributed by atoms with E-state index in [1.807, 2.05) is 37.3 Å². The highest BCUT2D eigenvalue weighted by atomic mass is 32.1. The molecule has 0 aliphatic carbocycles. The number of hydrazone groups is 1. The minimum atomic E-state index is -0.367. The molecule has 3 aromatic rings. The molecule has 6 nitrogen and oxygen atoms in total. The fourth-order valence-corrected chi connectivity index (χ4v) is 2.95. The number of benzene rings is 2. The summed E-state index contributed by atoms with van der Waals surface area (Å²) in [6, 6.07) is 15.7. The fraction of sp³-hybridized carbons (Fsp3) is 0.150. The number of hydrogen-bond donors (Lipinski definition) is 2. The molecule has 28 heavy (non-hydrogen) atoms. The number of anilines is 1. The van der Waals surface area contributed by atoms with Gasteiger partial charge in [-0.3, -0.25) is 14.9 Å².